The Bertz CT molecular complexity index is 1290. The zero-order chi connectivity index (χ0) is 19.8. The van der Waals surface area contributed by atoms with Crippen molar-refractivity contribution in [2.75, 3.05) is 5.73 Å². The standard InChI is InChI=1S/C22H21BrN6/c23-18-16(14-9-13-3-1-2-4-15(13)26-10-14)17-19(24)27-12-28-20(17)29(18)22-7-5-21(25,11-22)6-8-22/h1-4,9-10,12H,5-8,11,25H2,(H2,24,27,28). The predicted octanol–water partition coefficient (Wildman–Crippen LogP) is 4.36. The van der Waals surface area contributed by atoms with Crippen LogP contribution in [0.4, 0.5) is 5.82 Å². The third kappa shape index (κ3) is 2.34. The Hall–Kier alpha value is -2.51. The van der Waals surface area contributed by atoms with Gasteiger partial charge in [-0.15, -0.1) is 0 Å². The summed E-state index contributed by atoms with van der Waals surface area (Å²) in [4.78, 5) is 13.6. The van der Waals surface area contributed by atoms with Crippen LogP contribution >= 0.6 is 15.9 Å². The number of nitrogen functional groups attached to an aromatic ring is 1. The molecule has 0 radical (unpaired) electrons. The second kappa shape index (κ2) is 5.77. The summed E-state index contributed by atoms with van der Waals surface area (Å²) in [6.07, 6.45) is 8.66. The first-order valence-corrected chi connectivity index (χ1v) is 10.7. The molecule has 2 fully saturated rings. The van der Waals surface area contributed by atoms with Gasteiger partial charge in [-0.25, -0.2) is 9.97 Å². The highest BCUT2D eigenvalue weighted by atomic mass is 79.9. The summed E-state index contributed by atoms with van der Waals surface area (Å²) in [6.45, 7) is 0. The van der Waals surface area contributed by atoms with Crippen LogP contribution in [0.3, 0.4) is 0 Å². The molecule has 0 saturated heterocycles. The number of nitrogens with two attached hydrogens (primary N) is 2. The molecule has 2 saturated carbocycles. The summed E-state index contributed by atoms with van der Waals surface area (Å²) < 4.78 is 3.33. The van der Waals surface area contributed by atoms with Crippen LogP contribution in [-0.2, 0) is 5.54 Å². The summed E-state index contributed by atoms with van der Waals surface area (Å²) in [6, 6.07) is 10.3. The molecule has 0 spiro atoms. The maximum atomic E-state index is 6.63. The van der Waals surface area contributed by atoms with Crippen LogP contribution in [0.15, 0.2) is 47.5 Å². The van der Waals surface area contributed by atoms with Crippen LogP contribution in [0.1, 0.15) is 32.1 Å². The third-order valence-corrected chi connectivity index (χ3v) is 7.68. The van der Waals surface area contributed by atoms with Gasteiger partial charge < -0.3 is 16.0 Å². The summed E-state index contributed by atoms with van der Waals surface area (Å²) >= 11 is 3.92. The van der Waals surface area contributed by atoms with Gasteiger partial charge in [0, 0.05) is 33.8 Å². The van der Waals surface area contributed by atoms with E-state index in [0.29, 0.717) is 5.82 Å². The molecule has 146 valence electrons. The normalized spacial score (nSPS) is 26.0. The number of benzene rings is 1. The Morgan fingerprint density at radius 2 is 1.83 bits per heavy atom. The summed E-state index contributed by atoms with van der Waals surface area (Å²) in [7, 11) is 0. The van der Waals surface area contributed by atoms with Gasteiger partial charge in [-0.05, 0) is 60.2 Å². The van der Waals surface area contributed by atoms with Crippen molar-refractivity contribution < 1.29 is 0 Å². The van der Waals surface area contributed by atoms with Gasteiger partial charge in [0.25, 0.3) is 0 Å². The predicted molar refractivity (Wildman–Crippen MR) is 118 cm³/mol. The number of para-hydroxylation sites is 1. The van der Waals surface area contributed by atoms with Crippen molar-refractivity contribution in [3.05, 3.63) is 47.5 Å². The Labute approximate surface area is 176 Å². The fourth-order valence-electron chi connectivity index (χ4n) is 5.54. The smallest absolute Gasteiger partial charge is 0.147 e. The number of anilines is 1. The van der Waals surface area contributed by atoms with Gasteiger partial charge in [0.05, 0.1) is 15.5 Å². The first-order chi connectivity index (χ1) is 14.0. The van der Waals surface area contributed by atoms with Crippen molar-refractivity contribution in [1.29, 1.82) is 0 Å². The molecule has 1 aromatic carbocycles. The van der Waals surface area contributed by atoms with Crippen molar-refractivity contribution in [2.24, 2.45) is 5.73 Å². The van der Waals surface area contributed by atoms with E-state index in [1.165, 1.54) is 0 Å². The first kappa shape index (κ1) is 17.4. The molecule has 4 N–H and O–H groups in total. The number of hydrogen-bond acceptors (Lipinski definition) is 5. The average molecular weight is 449 g/mol. The Kier molecular flexibility index (Phi) is 3.45. The van der Waals surface area contributed by atoms with Crippen molar-refractivity contribution in [1.82, 2.24) is 19.5 Å². The molecule has 2 bridgehead atoms. The van der Waals surface area contributed by atoms with E-state index >= 15 is 0 Å². The molecular weight excluding hydrogens is 428 g/mol. The van der Waals surface area contributed by atoms with E-state index < -0.39 is 0 Å². The van der Waals surface area contributed by atoms with Gasteiger partial charge in [0.2, 0.25) is 0 Å². The van der Waals surface area contributed by atoms with Gasteiger partial charge >= 0.3 is 0 Å². The molecule has 0 unspecified atom stereocenters. The van der Waals surface area contributed by atoms with E-state index in [2.05, 4.69) is 47.6 Å². The molecule has 3 aromatic heterocycles. The Balaban J connectivity index is 1.66. The van der Waals surface area contributed by atoms with Crippen molar-refractivity contribution in [3.63, 3.8) is 0 Å². The maximum absolute atomic E-state index is 6.63. The van der Waals surface area contributed by atoms with Crippen LogP contribution in [0.2, 0.25) is 0 Å². The van der Waals surface area contributed by atoms with Gasteiger partial charge in [0.1, 0.15) is 17.8 Å². The summed E-state index contributed by atoms with van der Waals surface area (Å²) in [5.41, 5.74) is 16.8. The largest absolute Gasteiger partial charge is 0.383 e. The zero-order valence-electron chi connectivity index (χ0n) is 15.9. The number of hydrogen-bond donors (Lipinski definition) is 2. The molecule has 4 aromatic rings. The minimum Gasteiger partial charge on any atom is -0.383 e. The third-order valence-electron chi connectivity index (χ3n) is 6.93. The van der Waals surface area contributed by atoms with Gasteiger partial charge in [-0.2, -0.15) is 0 Å². The second-order valence-corrected chi connectivity index (χ2v) is 9.39. The Morgan fingerprint density at radius 1 is 1.03 bits per heavy atom. The second-order valence-electron chi connectivity index (χ2n) is 8.64. The van der Waals surface area contributed by atoms with E-state index in [1.54, 1.807) is 6.33 Å². The lowest BCUT2D eigenvalue weighted by atomic mass is 9.91. The van der Waals surface area contributed by atoms with E-state index in [4.69, 9.17) is 11.5 Å². The van der Waals surface area contributed by atoms with E-state index in [0.717, 1.165) is 69.8 Å². The highest BCUT2D eigenvalue weighted by Crippen LogP contribution is 2.57. The molecule has 2 aliphatic carbocycles. The molecule has 0 aliphatic heterocycles. The molecular formula is C22H21BrN6. The molecule has 7 heteroatoms. The van der Waals surface area contributed by atoms with Gasteiger partial charge in [-0.3, -0.25) is 4.98 Å². The van der Waals surface area contributed by atoms with E-state index in [9.17, 15) is 0 Å². The number of halogens is 1. The molecule has 6 nitrogen and oxygen atoms in total. The SMILES string of the molecule is Nc1ncnc2c1c(-c1cnc3ccccc3c1)c(Br)n2C12CCC(N)(CC1)C2. The summed E-state index contributed by atoms with van der Waals surface area (Å²) in [5, 5.41) is 1.97. The van der Waals surface area contributed by atoms with Gasteiger partial charge in [-0.1, -0.05) is 18.2 Å². The average Bonchev–Trinajstić information content (AvgIpc) is 3.34. The van der Waals surface area contributed by atoms with Crippen LogP contribution in [0.5, 0.6) is 0 Å². The minimum absolute atomic E-state index is 0.0187. The van der Waals surface area contributed by atoms with E-state index in [-0.39, 0.29) is 11.1 Å². The van der Waals surface area contributed by atoms with Gasteiger partial charge in [0.15, 0.2) is 0 Å². The highest BCUT2D eigenvalue weighted by Gasteiger charge is 2.54. The topological polar surface area (TPSA) is 95.6 Å². The molecule has 2 aliphatic rings. The maximum Gasteiger partial charge on any atom is 0.147 e. The van der Waals surface area contributed by atoms with Crippen molar-refractivity contribution in [2.45, 2.75) is 43.2 Å². The molecule has 0 atom stereocenters. The number of rotatable bonds is 2. The number of fused-ring (bicyclic) bond motifs is 4. The lowest BCUT2D eigenvalue weighted by Crippen LogP contribution is -2.33. The van der Waals surface area contributed by atoms with Crippen LogP contribution < -0.4 is 11.5 Å². The molecule has 6 rings (SSSR count). The monoisotopic (exact) mass is 448 g/mol. The number of aromatic nitrogens is 4. The van der Waals surface area contributed by atoms with E-state index in [1.807, 2.05) is 24.4 Å². The number of pyridine rings is 1. The van der Waals surface area contributed by atoms with Crippen LogP contribution in [0, 0.1) is 0 Å². The van der Waals surface area contributed by atoms with Crippen molar-refractivity contribution in [3.8, 4) is 11.1 Å². The lowest BCUT2D eigenvalue weighted by Gasteiger charge is -2.30. The van der Waals surface area contributed by atoms with Crippen LogP contribution in [0.25, 0.3) is 33.1 Å². The molecule has 3 heterocycles. The Morgan fingerprint density at radius 3 is 2.59 bits per heavy atom. The first-order valence-electron chi connectivity index (χ1n) is 9.95. The zero-order valence-corrected chi connectivity index (χ0v) is 17.5. The highest BCUT2D eigenvalue weighted by molar-refractivity contribution is 9.10. The lowest BCUT2D eigenvalue weighted by molar-refractivity contribution is 0.293. The van der Waals surface area contributed by atoms with Crippen molar-refractivity contribution >= 4 is 43.7 Å². The fraction of sp³-hybridized carbons (Fsp3) is 0.318. The fourth-order valence-corrected chi connectivity index (χ4v) is 6.51. The molecule has 29 heavy (non-hydrogen) atoms. The summed E-state index contributed by atoms with van der Waals surface area (Å²) in [5.74, 6) is 0.490. The molecule has 0 amide bonds. The quantitative estimate of drug-likeness (QED) is 0.474. The number of nitrogens with zero attached hydrogens (tertiary/aromatic N) is 4. The minimum atomic E-state index is -0.0563. The van der Waals surface area contributed by atoms with Crippen LogP contribution in [-0.4, -0.2) is 25.1 Å².